The zero-order chi connectivity index (χ0) is 14.9. The molecule has 8 heteroatoms. The zero-order valence-corrected chi connectivity index (χ0v) is 11.9. The Morgan fingerprint density at radius 3 is 2.60 bits per heavy atom. The molecule has 1 aromatic carbocycles. The third kappa shape index (κ3) is 2.94. The van der Waals surface area contributed by atoms with Crippen molar-refractivity contribution in [1.29, 1.82) is 0 Å². The minimum atomic E-state index is -3.84. The summed E-state index contributed by atoms with van der Waals surface area (Å²) in [4.78, 5) is 11.2. The number of carboxylic acids is 1. The summed E-state index contributed by atoms with van der Waals surface area (Å²) in [5, 5.41) is 9.28. The van der Waals surface area contributed by atoms with E-state index in [-0.39, 0.29) is 21.2 Å². The number of sulfonamides is 1. The van der Waals surface area contributed by atoms with Crippen molar-refractivity contribution in [3.63, 3.8) is 0 Å². The van der Waals surface area contributed by atoms with Crippen LogP contribution in [0.15, 0.2) is 41.6 Å². The molecule has 1 aromatic heterocycles. The van der Waals surface area contributed by atoms with Gasteiger partial charge >= 0.3 is 5.97 Å². The van der Waals surface area contributed by atoms with Gasteiger partial charge in [0.05, 0.1) is 11.3 Å². The maximum atomic E-state index is 12.1. The Labute approximate surface area is 120 Å². The summed E-state index contributed by atoms with van der Waals surface area (Å²) in [6.45, 7) is 0. The summed E-state index contributed by atoms with van der Waals surface area (Å²) >= 11 is 5.71. The van der Waals surface area contributed by atoms with Gasteiger partial charge in [-0.2, -0.15) is 0 Å². The number of nitrogens with one attached hydrogen (secondary N) is 1. The van der Waals surface area contributed by atoms with Crippen LogP contribution in [0.3, 0.4) is 0 Å². The summed E-state index contributed by atoms with van der Waals surface area (Å²) in [7, 11) is -2.15. The van der Waals surface area contributed by atoms with Gasteiger partial charge in [-0.25, -0.2) is 13.2 Å². The van der Waals surface area contributed by atoms with E-state index in [0.29, 0.717) is 0 Å². The number of nitrogens with zero attached hydrogens (tertiary/aromatic N) is 1. The predicted octanol–water partition coefficient (Wildman–Crippen LogP) is 2.18. The van der Waals surface area contributed by atoms with Crippen molar-refractivity contribution in [3.05, 3.63) is 47.2 Å². The molecule has 106 valence electrons. The lowest BCUT2D eigenvalue weighted by Crippen LogP contribution is -2.15. The van der Waals surface area contributed by atoms with E-state index < -0.39 is 16.0 Å². The van der Waals surface area contributed by atoms with Crippen LogP contribution in [-0.4, -0.2) is 24.1 Å². The first-order valence-electron chi connectivity index (χ1n) is 5.47. The first-order chi connectivity index (χ1) is 9.29. The van der Waals surface area contributed by atoms with E-state index in [0.717, 1.165) is 0 Å². The summed E-state index contributed by atoms with van der Waals surface area (Å²) < 4.78 is 28.1. The highest BCUT2D eigenvalue weighted by Crippen LogP contribution is 2.23. The van der Waals surface area contributed by atoms with Crippen molar-refractivity contribution in [1.82, 2.24) is 4.57 Å². The smallest absolute Gasteiger partial charge is 0.337 e. The quantitative estimate of drug-likeness (QED) is 0.905. The number of carbonyl (C=O) groups is 1. The molecule has 0 bridgehead atoms. The van der Waals surface area contributed by atoms with Crippen molar-refractivity contribution in [2.24, 2.45) is 7.05 Å². The van der Waals surface area contributed by atoms with E-state index in [4.69, 9.17) is 16.7 Å². The Morgan fingerprint density at radius 1 is 1.35 bits per heavy atom. The molecule has 0 spiro atoms. The molecule has 0 unspecified atom stereocenters. The van der Waals surface area contributed by atoms with Gasteiger partial charge in [0.25, 0.3) is 10.0 Å². The molecule has 2 aromatic rings. The van der Waals surface area contributed by atoms with Crippen LogP contribution in [0.1, 0.15) is 10.4 Å². The highest BCUT2D eigenvalue weighted by atomic mass is 35.5. The van der Waals surface area contributed by atoms with Crippen molar-refractivity contribution in [3.8, 4) is 0 Å². The van der Waals surface area contributed by atoms with Crippen LogP contribution < -0.4 is 4.72 Å². The second-order valence-corrected chi connectivity index (χ2v) is 6.23. The number of hydrogen-bond donors (Lipinski definition) is 2. The predicted molar refractivity (Wildman–Crippen MR) is 74.6 cm³/mol. The van der Waals surface area contributed by atoms with Gasteiger partial charge in [0, 0.05) is 24.5 Å². The summed E-state index contributed by atoms with van der Waals surface area (Å²) in [6, 6.07) is 5.33. The molecule has 0 fully saturated rings. The van der Waals surface area contributed by atoms with Gasteiger partial charge in [-0.05, 0) is 24.3 Å². The molecule has 20 heavy (non-hydrogen) atoms. The van der Waals surface area contributed by atoms with Crippen LogP contribution in [0.2, 0.25) is 5.02 Å². The number of halogens is 1. The maximum absolute atomic E-state index is 12.1. The van der Waals surface area contributed by atoms with Gasteiger partial charge in [-0.3, -0.25) is 4.72 Å². The van der Waals surface area contributed by atoms with E-state index in [9.17, 15) is 13.2 Å². The average molecular weight is 315 g/mol. The topological polar surface area (TPSA) is 88.4 Å². The van der Waals surface area contributed by atoms with Crippen LogP contribution in [-0.2, 0) is 17.1 Å². The lowest BCUT2D eigenvalue weighted by atomic mass is 10.2. The van der Waals surface area contributed by atoms with Crippen molar-refractivity contribution >= 4 is 33.3 Å². The number of anilines is 1. The van der Waals surface area contributed by atoms with Gasteiger partial charge < -0.3 is 9.67 Å². The molecule has 0 aliphatic heterocycles. The number of aromatic carboxylic acids is 1. The molecule has 2 rings (SSSR count). The van der Waals surface area contributed by atoms with Gasteiger partial charge in [0.2, 0.25) is 0 Å². The van der Waals surface area contributed by atoms with Gasteiger partial charge in [0.1, 0.15) is 4.90 Å². The normalized spacial score (nSPS) is 11.3. The monoisotopic (exact) mass is 314 g/mol. The third-order valence-electron chi connectivity index (χ3n) is 2.57. The fraction of sp³-hybridized carbons (Fsp3) is 0.0833. The third-order valence-corrected chi connectivity index (χ3v) is 4.16. The second-order valence-electron chi connectivity index (χ2n) is 4.11. The van der Waals surface area contributed by atoms with Gasteiger partial charge in [0.15, 0.2) is 0 Å². The SMILES string of the molecule is Cn1ccc(S(=O)(=O)Nc2ccc(Cl)cc2C(=O)O)c1. The Hall–Kier alpha value is -1.99. The largest absolute Gasteiger partial charge is 0.478 e. The number of aryl methyl sites for hydroxylation is 1. The minimum Gasteiger partial charge on any atom is -0.478 e. The minimum absolute atomic E-state index is 0.0363. The Bertz CT molecular complexity index is 768. The molecule has 0 aliphatic carbocycles. The second kappa shape index (κ2) is 5.18. The average Bonchev–Trinajstić information content (AvgIpc) is 2.78. The molecule has 2 N–H and O–H groups in total. The number of hydrogen-bond acceptors (Lipinski definition) is 3. The lowest BCUT2D eigenvalue weighted by molar-refractivity contribution is 0.0698. The Morgan fingerprint density at radius 2 is 2.05 bits per heavy atom. The summed E-state index contributed by atoms with van der Waals surface area (Å²) in [5.41, 5.74) is -0.247. The van der Waals surface area contributed by atoms with E-state index in [1.807, 2.05) is 0 Å². The Balaban J connectivity index is 2.42. The molecule has 0 saturated heterocycles. The standard InChI is InChI=1S/C12H11ClN2O4S/c1-15-5-4-9(7-15)20(18,19)14-11-3-2-8(13)6-10(11)12(16)17/h2-7,14H,1H3,(H,16,17). The maximum Gasteiger partial charge on any atom is 0.337 e. The van der Waals surface area contributed by atoms with E-state index in [1.54, 1.807) is 17.8 Å². The number of carboxylic acid groups (broad SMARTS) is 1. The van der Waals surface area contributed by atoms with Crippen LogP contribution >= 0.6 is 11.6 Å². The van der Waals surface area contributed by atoms with Crippen molar-refractivity contribution in [2.75, 3.05) is 4.72 Å². The zero-order valence-electron chi connectivity index (χ0n) is 10.4. The fourth-order valence-electron chi connectivity index (χ4n) is 1.62. The fourth-order valence-corrected chi connectivity index (χ4v) is 2.93. The van der Waals surface area contributed by atoms with Gasteiger partial charge in [-0.1, -0.05) is 11.6 Å². The molecule has 0 atom stereocenters. The van der Waals surface area contributed by atoms with Gasteiger partial charge in [-0.15, -0.1) is 0 Å². The summed E-state index contributed by atoms with van der Waals surface area (Å²) in [6.07, 6.45) is 2.99. The molecule has 0 radical (unpaired) electrons. The number of benzene rings is 1. The van der Waals surface area contributed by atoms with Crippen molar-refractivity contribution in [2.45, 2.75) is 4.90 Å². The first-order valence-corrected chi connectivity index (χ1v) is 7.33. The molecule has 1 heterocycles. The number of aromatic nitrogens is 1. The van der Waals surface area contributed by atoms with Crippen LogP contribution in [0.4, 0.5) is 5.69 Å². The van der Waals surface area contributed by atoms with E-state index >= 15 is 0 Å². The van der Waals surface area contributed by atoms with E-state index in [1.165, 1.54) is 30.5 Å². The Kier molecular flexibility index (Phi) is 3.74. The van der Waals surface area contributed by atoms with Crippen LogP contribution in [0.5, 0.6) is 0 Å². The van der Waals surface area contributed by atoms with Crippen molar-refractivity contribution < 1.29 is 18.3 Å². The highest BCUT2D eigenvalue weighted by molar-refractivity contribution is 7.92. The highest BCUT2D eigenvalue weighted by Gasteiger charge is 2.19. The van der Waals surface area contributed by atoms with E-state index in [2.05, 4.69) is 4.72 Å². The van der Waals surface area contributed by atoms with Crippen LogP contribution in [0, 0.1) is 0 Å². The molecular weight excluding hydrogens is 304 g/mol. The summed E-state index contributed by atoms with van der Waals surface area (Å²) in [5.74, 6) is -1.27. The molecule has 6 nitrogen and oxygen atoms in total. The van der Waals surface area contributed by atoms with Crippen LogP contribution in [0.25, 0.3) is 0 Å². The molecular formula is C12H11ClN2O4S. The molecule has 0 saturated carbocycles. The molecule has 0 aliphatic rings. The number of rotatable bonds is 4. The first kappa shape index (κ1) is 14.4. The lowest BCUT2D eigenvalue weighted by Gasteiger charge is -2.09. The molecule has 0 amide bonds.